The summed E-state index contributed by atoms with van der Waals surface area (Å²) < 4.78 is 5.75. The van der Waals surface area contributed by atoms with Crippen LogP contribution in [0.15, 0.2) is 18.3 Å². The molecule has 7 nitrogen and oxygen atoms in total. The Morgan fingerprint density at radius 1 is 1.04 bits per heavy atom. The Labute approximate surface area is 148 Å². The van der Waals surface area contributed by atoms with Crippen LogP contribution in [-0.4, -0.2) is 78.1 Å². The van der Waals surface area contributed by atoms with Gasteiger partial charge in [-0.2, -0.15) is 0 Å². The van der Waals surface area contributed by atoms with Crippen LogP contribution in [0.1, 0.15) is 31.1 Å². The lowest BCUT2D eigenvalue weighted by atomic mass is 10.2. The van der Waals surface area contributed by atoms with Crippen molar-refractivity contribution in [3.05, 3.63) is 23.9 Å². The van der Waals surface area contributed by atoms with Crippen molar-refractivity contribution in [1.82, 2.24) is 14.8 Å². The standard InChI is InChI=1S/C18H26N4O3/c1-13-11-22(12-14(2)25-13)17-5-4-16(10-19-17)18(24)21-8-6-20(7-9-21)15(3)23/h4-5,10,13-14H,6-9,11-12H2,1-3H3/t13-,14+. The molecular formula is C18H26N4O3. The molecule has 0 spiro atoms. The molecule has 0 saturated carbocycles. The number of nitrogens with zero attached hydrogens (tertiary/aromatic N) is 4. The van der Waals surface area contributed by atoms with Gasteiger partial charge in [0.05, 0.1) is 17.8 Å². The lowest BCUT2D eigenvalue weighted by Crippen LogP contribution is -2.50. The summed E-state index contributed by atoms with van der Waals surface area (Å²) in [5.41, 5.74) is 0.592. The first-order valence-corrected chi connectivity index (χ1v) is 8.85. The zero-order valence-electron chi connectivity index (χ0n) is 15.1. The van der Waals surface area contributed by atoms with Gasteiger partial charge in [0, 0.05) is 52.4 Å². The fourth-order valence-corrected chi connectivity index (χ4v) is 3.47. The fraction of sp³-hybridized carbons (Fsp3) is 0.611. The monoisotopic (exact) mass is 346 g/mol. The van der Waals surface area contributed by atoms with Crippen molar-refractivity contribution >= 4 is 17.6 Å². The molecule has 0 aromatic carbocycles. The van der Waals surface area contributed by atoms with E-state index in [-0.39, 0.29) is 24.0 Å². The van der Waals surface area contributed by atoms with Crippen LogP contribution in [0.2, 0.25) is 0 Å². The van der Waals surface area contributed by atoms with Gasteiger partial charge in [-0.25, -0.2) is 4.98 Å². The average molecular weight is 346 g/mol. The van der Waals surface area contributed by atoms with Gasteiger partial charge in [0.1, 0.15) is 5.82 Å². The lowest BCUT2D eigenvalue weighted by Gasteiger charge is -2.36. The third-order valence-corrected chi connectivity index (χ3v) is 4.75. The van der Waals surface area contributed by atoms with Crippen LogP contribution in [-0.2, 0) is 9.53 Å². The van der Waals surface area contributed by atoms with Gasteiger partial charge in [-0.15, -0.1) is 0 Å². The quantitative estimate of drug-likeness (QED) is 0.799. The van der Waals surface area contributed by atoms with Gasteiger partial charge in [0.25, 0.3) is 5.91 Å². The summed E-state index contributed by atoms with van der Waals surface area (Å²) in [6, 6.07) is 3.75. The molecule has 2 atom stereocenters. The van der Waals surface area contributed by atoms with Crippen LogP contribution in [0.25, 0.3) is 0 Å². The largest absolute Gasteiger partial charge is 0.372 e. The molecule has 0 N–H and O–H groups in total. The molecule has 0 aliphatic carbocycles. The number of piperazine rings is 1. The summed E-state index contributed by atoms with van der Waals surface area (Å²) >= 11 is 0. The maximum absolute atomic E-state index is 12.6. The lowest BCUT2D eigenvalue weighted by molar-refractivity contribution is -0.130. The van der Waals surface area contributed by atoms with Crippen molar-refractivity contribution in [1.29, 1.82) is 0 Å². The second-order valence-corrected chi connectivity index (χ2v) is 6.87. The number of anilines is 1. The summed E-state index contributed by atoms with van der Waals surface area (Å²) in [5.74, 6) is 0.915. The molecule has 3 heterocycles. The molecule has 2 saturated heterocycles. The molecule has 7 heteroatoms. The number of ether oxygens (including phenoxy) is 1. The molecule has 2 aliphatic rings. The van der Waals surface area contributed by atoms with E-state index in [1.54, 1.807) is 22.9 Å². The van der Waals surface area contributed by atoms with E-state index in [1.165, 1.54) is 0 Å². The molecule has 1 aromatic heterocycles. The van der Waals surface area contributed by atoms with Gasteiger partial charge in [0.15, 0.2) is 0 Å². The van der Waals surface area contributed by atoms with Crippen LogP contribution in [0, 0.1) is 0 Å². The summed E-state index contributed by atoms with van der Waals surface area (Å²) in [6.07, 6.45) is 1.99. The van der Waals surface area contributed by atoms with E-state index in [9.17, 15) is 9.59 Å². The topological polar surface area (TPSA) is 66.0 Å². The molecule has 0 unspecified atom stereocenters. The summed E-state index contributed by atoms with van der Waals surface area (Å²) in [4.78, 5) is 34.2. The molecule has 0 radical (unpaired) electrons. The normalized spacial score (nSPS) is 24.4. The molecule has 0 bridgehead atoms. The summed E-state index contributed by atoms with van der Waals surface area (Å²) in [7, 11) is 0. The molecule has 2 aliphatic heterocycles. The smallest absolute Gasteiger partial charge is 0.255 e. The van der Waals surface area contributed by atoms with Crippen molar-refractivity contribution in [3.8, 4) is 0 Å². The highest BCUT2D eigenvalue weighted by molar-refractivity contribution is 5.94. The Morgan fingerprint density at radius 2 is 1.64 bits per heavy atom. The number of carbonyl (C=O) groups is 2. The molecular weight excluding hydrogens is 320 g/mol. The van der Waals surface area contributed by atoms with Crippen molar-refractivity contribution in [2.75, 3.05) is 44.2 Å². The Bertz CT molecular complexity index is 616. The minimum Gasteiger partial charge on any atom is -0.372 e. The fourth-order valence-electron chi connectivity index (χ4n) is 3.47. The van der Waals surface area contributed by atoms with Gasteiger partial charge in [-0.3, -0.25) is 9.59 Å². The first-order chi connectivity index (χ1) is 11.9. The van der Waals surface area contributed by atoms with Crippen LogP contribution < -0.4 is 4.90 Å². The van der Waals surface area contributed by atoms with Gasteiger partial charge >= 0.3 is 0 Å². The molecule has 136 valence electrons. The van der Waals surface area contributed by atoms with Crippen LogP contribution in [0.5, 0.6) is 0 Å². The van der Waals surface area contributed by atoms with Crippen molar-refractivity contribution in [2.24, 2.45) is 0 Å². The highest BCUT2D eigenvalue weighted by atomic mass is 16.5. The maximum Gasteiger partial charge on any atom is 0.255 e. The first kappa shape index (κ1) is 17.7. The number of pyridine rings is 1. The third-order valence-electron chi connectivity index (χ3n) is 4.75. The van der Waals surface area contributed by atoms with Crippen molar-refractivity contribution < 1.29 is 14.3 Å². The molecule has 2 amide bonds. The van der Waals surface area contributed by atoms with E-state index in [0.717, 1.165) is 18.9 Å². The second kappa shape index (κ2) is 7.39. The van der Waals surface area contributed by atoms with E-state index in [0.29, 0.717) is 31.7 Å². The summed E-state index contributed by atoms with van der Waals surface area (Å²) in [6.45, 7) is 9.61. The number of carbonyl (C=O) groups excluding carboxylic acids is 2. The van der Waals surface area contributed by atoms with E-state index >= 15 is 0 Å². The Hall–Kier alpha value is -2.15. The molecule has 25 heavy (non-hydrogen) atoms. The molecule has 1 aromatic rings. The average Bonchev–Trinajstić information content (AvgIpc) is 2.60. The summed E-state index contributed by atoms with van der Waals surface area (Å²) in [5, 5.41) is 0. The van der Waals surface area contributed by atoms with Crippen molar-refractivity contribution in [3.63, 3.8) is 0 Å². The van der Waals surface area contributed by atoms with E-state index in [1.807, 2.05) is 12.1 Å². The van der Waals surface area contributed by atoms with E-state index in [4.69, 9.17) is 4.74 Å². The molecule has 3 rings (SSSR count). The number of morpholine rings is 1. The van der Waals surface area contributed by atoms with Gasteiger partial charge in [-0.1, -0.05) is 0 Å². The van der Waals surface area contributed by atoms with Crippen LogP contribution in [0.3, 0.4) is 0 Å². The minimum absolute atomic E-state index is 0.0223. The Balaban J connectivity index is 1.62. The van der Waals surface area contributed by atoms with Gasteiger partial charge in [-0.05, 0) is 26.0 Å². The zero-order valence-corrected chi connectivity index (χ0v) is 15.1. The van der Waals surface area contributed by atoms with Gasteiger partial charge < -0.3 is 19.4 Å². The Morgan fingerprint density at radius 3 is 2.16 bits per heavy atom. The van der Waals surface area contributed by atoms with Crippen LogP contribution in [0.4, 0.5) is 5.82 Å². The number of amides is 2. The highest BCUT2D eigenvalue weighted by Gasteiger charge is 2.25. The van der Waals surface area contributed by atoms with E-state index < -0.39 is 0 Å². The second-order valence-electron chi connectivity index (χ2n) is 6.87. The number of rotatable bonds is 2. The first-order valence-electron chi connectivity index (χ1n) is 8.85. The molecule has 2 fully saturated rings. The van der Waals surface area contributed by atoms with Crippen LogP contribution >= 0.6 is 0 Å². The predicted octanol–water partition coefficient (Wildman–Crippen LogP) is 1.000. The third kappa shape index (κ3) is 4.10. The predicted molar refractivity (Wildman–Crippen MR) is 94.6 cm³/mol. The van der Waals surface area contributed by atoms with Gasteiger partial charge in [0.2, 0.25) is 5.91 Å². The SMILES string of the molecule is CC(=O)N1CCN(C(=O)c2ccc(N3C[C@@H](C)O[C@@H](C)C3)nc2)CC1. The number of aromatic nitrogens is 1. The highest BCUT2D eigenvalue weighted by Crippen LogP contribution is 2.19. The van der Waals surface area contributed by atoms with E-state index in [2.05, 4.69) is 23.7 Å². The van der Waals surface area contributed by atoms with Crippen molar-refractivity contribution in [2.45, 2.75) is 33.0 Å². The number of hydrogen-bond acceptors (Lipinski definition) is 5. The maximum atomic E-state index is 12.6. The Kier molecular flexibility index (Phi) is 5.22. The number of hydrogen-bond donors (Lipinski definition) is 0. The minimum atomic E-state index is -0.0223. The zero-order chi connectivity index (χ0) is 18.0.